The predicted octanol–water partition coefficient (Wildman–Crippen LogP) is -1.76. The van der Waals surface area contributed by atoms with Gasteiger partial charge in [-0.05, 0) is 26.2 Å². The van der Waals surface area contributed by atoms with Crippen LogP contribution in [0.1, 0.15) is 39.5 Å². The smallest absolute Gasteiger partial charge is 0.303 e. The van der Waals surface area contributed by atoms with Gasteiger partial charge in [-0.3, -0.25) is 24.6 Å². The lowest BCUT2D eigenvalue weighted by Crippen LogP contribution is -2.52. The van der Waals surface area contributed by atoms with Gasteiger partial charge in [0.25, 0.3) is 0 Å². The molecule has 0 heterocycles. The van der Waals surface area contributed by atoms with Gasteiger partial charge in [-0.25, -0.2) is 0 Å². The van der Waals surface area contributed by atoms with Gasteiger partial charge in [-0.1, -0.05) is 0 Å². The molecule has 0 aliphatic heterocycles. The number of nitrogens with two attached hydrogens (primary N) is 1. The molecule has 8 N–H and O–H groups in total. The van der Waals surface area contributed by atoms with Crippen molar-refractivity contribution in [2.24, 2.45) is 5.73 Å². The number of aliphatic carboxylic acids is 1. The molecular formula is C15H28N6O5. The molecule has 0 unspecified atom stereocenters. The molecule has 11 heteroatoms. The van der Waals surface area contributed by atoms with Gasteiger partial charge in [0, 0.05) is 26.4 Å². The average molecular weight is 372 g/mol. The van der Waals surface area contributed by atoms with E-state index in [1.807, 2.05) is 0 Å². The number of amides is 3. The third-order valence-corrected chi connectivity index (χ3v) is 3.31. The maximum Gasteiger partial charge on any atom is 0.303 e. The largest absolute Gasteiger partial charge is 0.481 e. The van der Waals surface area contributed by atoms with Gasteiger partial charge in [0.05, 0.1) is 0 Å². The van der Waals surface area contributed by atoms with Crippen LogP contribution >= 0.6 is 0 Å². The number of carboxylic acids is 1. The Balaban J connectivity index is 4.28. The second kappa shape index (κ2) is 12.5. The molecule has 0 aliphatic carbocycles. The molecule has 0 spiro atoms. The fourth-order valence-corrected chi connectivity index (χ4v) is 2.00. The summed E-state index contributed by atoms with van der Waals surface area (Å²) >= 11 is 0. The van der Waals surface area contributed by atoms with Crippen LogP contribution < -0.4 is 27.0 Å². The van der Waals surface area contributed by atoms with Crippen molar-refractivity contribution in [2.45, 2.75) is 51.6 Å². The van der Waals surface area contributed by atoms with E-state index in [4.69, 9.17) is 16.2 Å². The van der Waals surface area contributed by atoms with Gasteiger partial charge in [0.2, 0.25) is 17.7 Å². The molecule has 0 aliphatic rings. The quantitative estimate of drug-likeness (QED) is 0.120. The molecular weight excluding hydrogens is 344 g/mol. The lowest BCUT2D eigenvalue weighted by molar-refractivity contribution is -0.138. The maximum atomic E-state index is 12.1. The van der Waals surface area contributed by atoms with Gasteiger partial charge in [-0.2, -0.15) is 0 Å². The van der Waals surface area contributed by atoms with Crippen molar-refractivity contribution in [3.8, 4) is 0 Å². The highest BCUT2D eigenvalue weighted by molar-refractivity contribution is 5.91. The van der Waals surface area contributed by atoms with Crippen LogP contribution in [0.5, 0.6) is 0 Å². The summed E-state index contributed by atoms with van der Waals surface area (Å²) in [6, 6.07) is -1.85. The lowest BCUT2D eigenvalue weighted by Gasteiger charge is -2.20. The van der Waals surface area contributed by atoms with Crippen molar-refractivity contribution in [2.75, 3.05) is 13.1 Å². The molecule has 0 saturated heterocycles. The van der Waals surface area contributed by atoms with E-state index >= 15 is 0 Å². The minimum absolute atomic E-state index is 0.0712. The van der Waals surface area contributed by atoms with E-state index < -0.39 is 35.8 Å². The predicted molar refractivity (Wildman–Crippen MR) is 94.2 cm³/mol. The van der Waals surface area contributed by atoms with Crippen LogP contribution in [0.2, 0.25) is 0 Å². The standard InChI is InChI=1S/C15H28N6O5/c1-9(13(25)18-7-3-4-8-19-15(16)17)20-14(26)11(21-10(2)22)5-6-12(23)24/h9,11H,3-8H2,1-2H3,(H,18,25)(H,20,26)(H,21,22)(H,23,24)(H4,16,17,19)/t9-,11-/m0/s1. The van der Waals surface area contributed by atoms with Gasteiger partial charge < -0.3 is 32.1 Å². The molecule has 148 valence electrons. The molecule has 0 bridgehead atoms. The summed E-state index contributed by atoms with van der Waals surface area (Å²) in [6.07, 6.45) is 1.02. The lowest BCUT2D eigenvalue weighted by atomic mass is 10.1. The van der Waals surface area contributed by atoms with E-state index in [9.17, 15) is 19.2 Å². The van der Waals surface area contributed by atoms with Crippen molar-refractivity contribution in [1.82, 2.24) is 21.3 Å². The SMILES string of the molecule is CC(=O)N[C@@H](CCC(=O)O)C(=O)N[C@@H](C)C(=O)NCCCCNC(=N)N. The van der Waals surface area contributed by atoms with Gasteiger partial charge >= 0.3 is 5.97 Å². The van der Waals surface area contributed by atoms with Crippen LogP contribution in [0.25, 0.3) is 0 Å². The zero-order chi connectivity index (χ0) is 20.1. The second-order valence-corrected chi connectivity index (χ2v) is 5.75. The number of hydrogen-bond acceptors (Lipinski definition) is 5. The first-order valence-corrected chi connectivity index (χ1v) is 8.28. The van der Waals surface area contributed by atoms with E-state index in [-0.39, 0.29) is 18.8 Å². The Bertz CT molecular complexity index is 525. The minimum atomic E-state index is -1.08. The van der Waals surface area contributed by atoms with Gasteiger partial charge in [0.15, 0.2) is 5.96 Å². The summed E-state index contributed by atoms with van der Waals surface area (Å²) in [5.41, 5.74) is 5.14. The molecule has 2 atom stereocenters. The van der Waals surface area contributed by atoms with Gasteiger partial charge in [0.1, 0.15) is 12.1 Å². The number of carbonyl (C=O) groups excluding carboxylic acids is 3. The van der Waals surface area contributed by atoms with E-state index in [1.54, 1.807) is 0 Å². The third kappa shape index (κ3) is 11.6. The van der Waals surface area contributed by atoms with Crippen molar-refractivity contribution in [3.05, 3.63) is 0 Å². The molecule has 0 saturated carbocycles. The molecule has 0 aromatic rings. The third-order valence-electron chi connectivity index (χ3n) is 3.31. The summed E-state index contributed by atoms with van der Waals surface area (Å²) in [5, 5.41) is 25.8. The number of carboxylic acid groups (broad SMARTS) is 1. The monoisotopic (exact) mass is 372 g/mol. The first-order chi connectivity index (χ1) is 12.1. The molecule has 3 amide bonds. The molecule has 0 radical (unpaired) electrons. The van der Waals surface area contributed by atoms with Crippen molar-refractivity contribution in [3.63, 3.8) is 0 Å². The van der Waals surface area contributed by atoms with Crippen LogP contribution in [-0.2, 0) is 19.2 Å². The summed E-state index contributed by atoms with van der Waals surface area (Å²) < 4.78 is 0. The number of guanidine groups is 1. The summed E-state index contributed by atoms with van der Waals surface area (Å²) in [6.45, 7) is 3.64. The zero-order valence-electron chi connectivity index (χ0n) is 15.1. The van der Waals surface area contributed by atoms with E-state index in [0.717, 1.165) is 0 Å². The van der Waals surface area contributed by atoms with Crippen LogP contribution in [0, 0.1) is 5.41 Å². The molecule has 26 heavy (non-hydrogen) atoms. The fraction of sp³-hybridized carbons (Fsp3) is 0.667. The second-order valence-electron chi connectivity index (χ2n) is 5.75. The van der Waals surface area contributed by atoms with Crippen LogP contribution in [0.15, 0.2) is 0 Å². The Labute approximate surface area is 152 Å². The highest BCUT2D eigenvalue weighted by atomic mass is 16.4. The van der Waals surface area contributed by atoms with E-state index in [0.29, 0.717) is 25.9 Å². The number of nitrogens with one attached hydrogen (secondary N) is 5. The van der Waals surface area contributed by atoms with Gasteiger partial charge in [-0.15, -0.1) is 0 Å². The van der Waals surface area contributed by atoms with Crippen LogP contribution in [0.4, 0.5) is 0 Å². The number of carbonyl (C=O) groups is 4. The highest BCUT2D eigenvalue weighted by Crippen LogP contribution is 1.99. The van der Waals surface area contributed by atoms with Crippen molar-refractivity contribution < 1.29 is 24.3 Å². The Hall–Kier alpha value is -2.85. The molecule has 0 fully saturated rings. The Morgan fingerprint density at radius 2 is 1.62 bits per heavy atom. The number of rotatable bonds is 12. The average Bonchev–Trinajstić information content (AvgIpc) is 2.53. The minimum Gasteiger partial charge on any atom is -0.481 e. The van der Waals surface area contributed by atoms with Crippen molar-refractivity contribution in [1.29, 1.82) is 5.41 Å². The summed E-state index contributed by atoms with van der Waals surface area (Å²) in [7, 11) is 0. The summed E-state index contributed by atoms with van der Waals surface area (Å²) in [5.74, 6) is -2.67. The highest BCUT2D eigenvalue weighted by Gasteiger charge is 2.24. The van der Waals surface area contributed by atoms with Crippen molar-refractivity contribution >= 4 is 29.7 Å². The van der Waals surface area contributed by atoms with Crippen LogP contribution in [0.3, 0.4) is 0 Å². The molecule has 0 aromatic heterocycles. The Morgan fingerprint density at radius 1 is 1.04 bits per heavy atom. The molecule has 11 nitrogen and oxygen atoms in total. The summed E-state index contributed by atoms with van der Waals surface area (Å²) in [4.78, 5) is 45.9. The first-order valence-electron chi connectivity index (χ1n) is 8.28. The number of hydrogen-bond donors (Lipinski definition) is 7. The van der Waals surface area contributed by atoms with E-state index in [2.05, 4.69) is 21.3 Å². The van der Waals surface area contributed by atoms with E-state index in [1.165, 1.54) is 13.8 Å². The maximum absolute atomic E-state index is 12.1. The normalized spacial score (nSPS) is 12.4. The Kier molecular flexibility index (Phi) is 11.1. The molecule has 0 rings (SSSR count). The van der Waals surface area contributed by atoms with Crippen LogP contribution in [-0.4, -0.2) is 59.9 Å². The fourth-order valence-electron chi connectivity index (χ4n) is 2.00. The number of unbranched alkanes of at least 4 members (excludes halogenated alkanes) is 1. The first kappa shape index (κ1) is 23.1. The topological polar surface area (TPSA) is 186 Å². The zero-order valence-corrected chi connectivity index (χ0v) is 15.1. The Morgan fingerprint density at radius 3 is 2.12 bits per heavy atom. The molecule has 0 aromatic carbocycles.